The van der Waals surface area contributed by atoms with Gasteiger partial charge in [-0.2, -0.15) is 25.8 Å². The number of hydrogen-bond acceptors (Lipinski definition) is 16. The number of piperidine rings is 6. The van der Waals surface area contributed by atoms with Gasteiger partial charge >= 0.3 is 0 Å². The van der Waals surface area contributed by atoms with Crippen LogP contribution >= 0.6 is 23.2 Å². The molecule has 6 heterocycles. The quantitative estimate of drug-likeness (QED) is 0.0685. The highest BCUT2D eigenvalue weighted by molar-refractivity contribution is 7.90. The van der Waals surface area contributed by atoms with Gasteiger partial charge in [-0.15, -0.1) is 0 Å². The van der Waals surface area contributed by atoms with Crippen molar-refractivity contribution in [1.82, 2.24) is 25.8 Å². The smallest absolute Gasteiger partial charge is 0.243 e. The largest absolute Gasteiger partial charge is 0.497 e. The maximum atomic E-state index is 14.7. The molecule has 12 atom stereocenters. The molecule has 0 spiro atoms. The van der Waals surface area contributed by atoms with Gasteiger partial charge in [0.2, 0.25) is 60.1 Å². The minimum Gasteiger partial charge on any atom is -0.497 e. The Morgan fingerprint density at radius 2 is 0.597 bits per heavy atom. The Morgan fingerprint density at radius 3 is 0.948 bits per heavy atom. The number of fused-ring (bicyclic) bond motifs is 3. The zero-order valence-electron chi connectivity index (χ0n) is 74.9. The molecule has 6 fully saturated rings. The van der Waals surface area contributed by atoms with Crippen molar-refractivity contribution >= 4 is 101 Å². The molecule has 6 aliphatic rings. The van der Waals surface area contributed by atoms with Crippen LogP contribution in [0.15, 0.2) is 339 Å². The molecule has 134 heavy (non-hydrogen) atoms. The van der Waals surface area contributed by atoms with Crippen molar-refractivity contribution in [3.8, 4) is 5.75 Å². The first-order chi connectivity index (χ1) is 64.0. The first-order valence-corrected chi connectivity index (χ1v) is 53.8. The molecule has 6 saturated heterocycles. The molecule has 12 aromatic rings. The summed E-state index contributed by atoms with van der Waals surface area (Å²) < 4.78 is 187. The van der Waals surface area contributed by atoms with E-state index >= 15 is 0 Å². The summed E-state index contributed by atoms with van der Waals surface area (Å²) in [5.74, 6) is -2.42. The minimum absolute atomic E-state index is 0.0540. The second-order valence-corrected chi connectivity index (χ2v) is 47.2. The topological polar surface area (TPSA) is 285 Å². The van der Waals surface area contributed by atoms with Crippen LogP contribution in [0.3, 0.4) is 0 Å². The van der Waals surface area contributed by atoms with Crippen LogP contribution in [-0.4, -0.2) is 139 Å². The van der Waals surface area contributed by atoms with Gasteiger partial charge in [0.1, 0.15) is 23.1 Å². The summed E-state index contributed by atoms with van der Waals surface area (Å²) in [6.07, 6.45) is 0.917. The van der Waals surface area contributed by atoms with E-state index in [2.05, 4.69) is 0 Å². The third-order valence-electron chi connectivity index (χ3n) is 26.9. The number of halogens is 2. The lowest BCUT2D eigenvalue weighted by atomic mass is 9.77. The van der Waals surface area contributed by atoms with E-state index in [1.54, 1.807) is 251 Å². The van der Waals surface area contributed by atoms with Crippen LogP contribution in [0.1, 0.15) is 148 Å². The molecule has 12 aromatic carbocycles. The minimum atomic E-state index is -4.13. The van der Waals surface area contributed by atoms with Crippen LogP contribution in [0.25, 0.3) is 0 Å². The van der Waals surface area contributed by atoms with E-state index in [-0.39, 0.29) is 105 Å². The molecule has 30 heteroatoms. The molecule has 0 radical (unpaired) electrons. The van der Waals surface area contributed by atoms with Gasteiger partial charge in [-0.3, -0.25) is 14.4 Å². The lowest BCUT2D eigenvalue weighted by Gasteiger charge is -2.51. The maximum Gasteiger partial charge on any atom is 0.243 e. The molecular weight excluding hydrogens is 1850 g/mol. The molecule has 0 aliphatic carbocycles. The number of rotatable bonds is 20. The summed E-state index contributed by atoms with van der Waals surface area (Å²) in [6.45, 7) is 11.1. The normalized spacial score (nSPS) is 23.1. The van der Waals surface area contributed by atoms with Gasteiger partial charge in [0, 0.05) is 84.8 Å². The van der Waals surface area contributed by atoms with Crippen molar-refractivity contribution in [2.45, 2.75) is 170 Å². The Bertz CT molecular complexity index is 7050. The molecule has 0 aromatic heterocycles. The number of ketones is 3. The van der Waals surface area contributed by atoms with Crippen LogP contribution in [0.4, 0.5) is 0 Å². The number of benzene rings is 12. The number of carbonyl (C=O) groups excluding carboxylic acids is 3. The number of hydrogen-bond donors (Lipinski definition) is 0. The second-order valence-electron chi connectivity index (χ2n) is 35.2. The Balaban J connectivity index is 0.000000146. The predicted molar refractivity (Wildman–Crippen MR) is 517 cm³/mol. The van der Waals surface area contributed by atoms with Crippen LogP contribution in [-0.2, 0) is 80.9 Å². The van der Waals surface area contributed by atoms with Crippen molar-refractivity contribution in [2.24, 2.45) is 17.8 Å². The first-order valence-electron chi connectivity index (χ1n) is 44.4. The van der Waals surface area contributed by atoms with Crippen LogP contribution < -0.4 is 4.74 Å². The fourth-order valence-corrected chi connectivity index (χ4v) is 30.9. The fourth-order valence-electron chi connectivity index (χ4n) is 19.8. The molecule has 696 valence electrons. The summed E-state index contributed by atoms with van der Waals surface area (Å²) in [5, 5.41) is 0.934. The average molecular weight is 1960 g/mol. The Labute approximate surface area is 796 Å². The predicted octanol–water partition coefficient (Wildman–Crippen LogP) is 19.1. The monoisotopic (exact) mass is 1950 g/mol. The SMILES string of the molecule is CCc1ccc([C@@H]2CC(=O)[C@@H]3CN(S(=O)(=O)c4ccccc4C)[C@H](c4ccc(Cl)cc4)C[C@@H]3N2S(=O)(=O)c2ccc(C)cc2)cc1.COc1ccc([C@@H]2CC(=O)[C@@H]3CN(S(=O)(=O)c4ccccc4)[C@H](c4ccc(C)cc4)C[C@@H]3N2S(=O)(=O)c2ccccc2)cc1.Cc1ccc([C@@H]2C[C@H]3[C@@H](CN2S(=O)(=O)c2ccccc2)C(=O)C[C@@H](c2cccc(Cl)c2)N3S(=O)(=O)c2ccc(C)cc2)cc1. The van der Waals surface area contributed by atoms with Crippen molar-refractivity contribution in [3.05, 3.63) is 386 Å². The van der Waals surface area contributed by atoms with Gasteiger partial charge < -0.3 is 4.74 Å². The number of aryl methyl sites for hydroxylation is 6. The van der Waals surface area contributed by atoms with Crippen LogP contribution in [0.2, 0.25) is 10.0 Å². The number of sulfonamides is 6. The summed E-state index contributed by atoms with van der Waals surface area (Å²) in [5.41, 5.74) is 9.74. The van der Waals surface area contributed by atoms with E-state index in [4.69, 9.17) is 27.9 Å². The molecule has 0 bridgehead atoms. The number of nitrogens with zero attached hydrogens (tertiary/aromatic N) is 6. The van der Waals surface area contributed by atoms with E-state index in [1.807, 2.05) is 107 Å². The number of Topliss-reactive ketones (excluding diaryl/α,β-unsaturated/α-hetero) is 3. The van der Waals surface area contributed by atoms with Gasteiger partial charge in [0.15, 0.2) is 0 Å². The van der Waals surface area contributed by atoms with Gasteiger partial charge in [0.05, 0.1) is 72.7 Å². The van der Waals surface area contributed by atoms with Crippen LogP contribution in [0, 0.1) is 52.4 Å². The lowest BCUT2D eigenvalue weighted by Crippen LogP contribution is -2.60. The van der Waals surface area contributed by atoms with Gasteiger partial charge in [0.25, 0.3) is 0 Å². The molecule has 0 saturated carbocycles. The van der Waals surface area contributed by atoms with E-state index in [1.165, 1.54) is 25.8 Å². The summed E-state index contributed by atoms with van der Waals surface area (Å²) in [7, 11) is -22.9. The zero-order valence-corrected chi connectivity index (χ0v) is 81.3. The Morgan fingerprint density at radius 1 is 0.299 bits per heavy atom. The zero-order chi connectivity index (χ0) is 95.1. The maximum absolute atomic E-state index is 14.7. The average Bonchev–Trinajstić information content (AvgIpc) is 0.729. The summed E-state index contributed by atoms with van der Waals surface area (Å²) in [4.78, 5) is 42.8. The van der Waals surface area contributed by atoms with E-state index in [9.17, 15) is 64.9 Å². The van der Waals surface area contributed by atoms with Gasteiger partial charge in [-0.1, -0.05) is 259 Å². The lowest BCUT2D eigenvalue weighted by molar-refractivity contribution is -0.133. The summed E-state index contributed by atoms with van der Waals surface area (Å²) in [6, 6.07) is 81.8. The highest BCUT2D eigenvalue weighted by Crippen LogP contribution is 2.53. The third-order valence-corrected chi connectivity index (χ3v) is 39.0. The molecule has 0 amide bonds. The van der Waals surface area contributed by atoms with Crippen molar-refractivity contribution < 1.29 is 69.6 Å². The number of ether oxygens (including phenoxy) is 1. The van der Waals surface area contributed by atoms with E-state index < -0.39 is 132 Å². The van der Waals surface area contributed by atoms with Crippen molar-refractivity contribution in [2.75, 3.05) is 26.7 Å². The molecular formula is C104H104Cl2N6O16S6. The molecule has 0 unspecified atom stereocenters. The van der Waals surface area contributed by atoms with Gasteiger partial charge in [-0.25, -0.2) is 50.5 Å². The van der Waals surface area contributed by atoms with E-state index in [0.717, 1.165) is 50.9 Å². The standard InChI is InChI=1S/C36H37ClN2O5S2.C34H33ClN2O5S2.C34H34N2O6S2/c1-4-26-11-13-28(14-12-26)33-22-35(40)31-23-38(46(43,44)36-8-6-5-7-25(36)3)32(27-15-17-29(37)18-16-27)21-34(31)39(33)45(41,42)30-19-9-24(2)10-20-30;1-23-11-15-25(16-12-23)31-20-33-30(22-36(31)43(39,40)28-9-4-3-5-10-28)34(38)21-32(26-7-6-8-27(35)19-26)37(33)44(41,42)29-17-13-24(2)14-18-29;1-24-13-15-25(16-14-24)31-21-33-30(23-35(31)43(38,39)28-9-5-3-6-10-28)34(37)22-32(26-17-19-27(42-2)20-18-26)36(33)44(40,41)29-11-7-4-8-12-29/h5-20,31-34H,4,21-23H2,1-3H3;3-19,30-33H,20-22H2,1-2H3;3-20,30-33H,21-23H2,1-2H3/t31-,32+,33+,34+;2*30-,31+,32+,33+/m111/s1. The second kappa shape index (κ2) is 39.7. The number of methoxy groups -OCH3 is 1. The van der Waals surface area contributed by atoms with Crippen molar-refractivity contribution in [3.63, 3.8) is 0 Å². The van der Waals surface area contributed by atoms with Gasteiger partial charge in [-0.05, 0) is 208 Å². The van der Waals surface area contributed by atoms with Crippen LogP contribution in [0.5, 0.6) is 5.75 Å². The molecule has 0 N–H and O–H groups in total. The van der Waals surface area contributed by atoms with E-state index in [0.29, 0.717) is 38.0 Å². The highest BCUT2D eigenvalue weighted by atomic mass is 35.5. The Kier molecular flexibility index (Phi) is 28.6. The molecule has 18 rings (SSSR count). The molecule has 22 nitrogen and oxygen atoms in total. The Hall–Kier alpha value is -10.5. The van der Waals surface area contributed by atoms with Crippen molar-refractivity contribution in [1.29, 1.82) is 0 Å². The fraction of sp³-hybridized carbons (Fsp3) is 0.279. The third kappa shape index (κ3) is 19.5. The number of carbonyl (C=O) groups is 3. The molecule has 6 aliphatic heterocycles. The first kappa shape index (κ1) is 96.6. The highest BCUT2D eigenvalue weighted by Gasteiger charge is 2.59. The summed E-state index contributed by atoms with van der Waals surface area (Å²) >= 11 is 12.6.